The Hall–Kier alpha value is -3.59. The molecule has 0 fully saturated rings. The van der Waals surface area contributed by atoms with Crippen LogP contribution in [0.3, 0.4) is 0 Å². The molecule has 3 heterocycles. The van der Waals surface area contributed by atoms with Crippen LogP contribution in [-0.4, -0.2) is 23.8 Å². The molecule has 200 valence electrons. The normalized spacial score (nSPS) is 15.2. The zero-order valence-corrected chi connectivity index (χ0v) is 23.7. The number of para-hydroxylation sites is 1. The minimum Gasteiger partial charge on any atom is -0.494 e. The van der Waals surface area contributed by atoms with E-state index in [2.05, 4.69) is 4.99 Å². The third-order valence-electron chi connectivity index (χ3n) is 6.13. The van der Waals surface area contributed by atoms with Crippen LogP contribution in [0.15, 0.2) is 80.1 Å². The third kappa shape index (κ3) is 5.20. The van der Waals surface area contributed by atoms with Gasteiger partial charge < -0.3 is 13.9 Å². The average Bonchev–Trinajstić information content (AvgIpc) is 3.48. The van der Waals surface area contributed by atoms with E-state index in [0.29, 0.717) is 65.7 Å². The summed E-state index contributed by atoms with van der Waals surface area (Å²) in [4.78, 5) is 32.1. The van der Waals surface area contributed by atoms with E-state index in [1.54, 1.807) is 50.3 Å². The summed E-state index contributed by atoms with van der Waals surface area (Å²) < 4.78 is 19.2. The van der Waals surface area contributed by atoms with E-state index in [4.69, 9.17) is 37.1 Å². The van der Waals surface area contributed by atoms with Crippen LogP contribution in [0.1, 0.15) is 38.1 Å². The SMILES string of the molecule is CCOC(=O)C1=C(C)N=c2s/c(=C\c3ccc(-c4ccc(Cl)cc4Cl)o3)c(=O)n2[C@H]1c1ccccc1OCC. The molecular weight excluding hydrogens is 559 g/mol. The minimum absolute atomic E-state index is 0.193. The van der Waals surface area contributed by atoms with Gasteiger partial charge in [0.15, 0.2) is 4.80 Å². The highest BCUT2D eigenvalue weighted by molar-refractivity contribution is 7.07. The number of ether oxygens (including phenoxy) is 2. The van der Waals surface area contributed by atoms with Crippen molar-refractivity contribution in [2.45, 2.75) is 26.8 Å². The highest BCUT2D eigenvalue weighted by Crippen LogP contribution is 2.36. The number of rotatable bonds is 7. The summed E-state index contributed by atoms with van der Waals surface area (Å²) >= 11 is 13.6. The van der Waals surface area contributed by atoms with Crippen molar-refractivity contribution >= 4 is 46.6 Å². The van der Waals surface area contributed by atoms with E-state index >= 15 is 0 Å². The van der Waals surface area contributed by atoms with Crippen LogP contribution in [0.4, 0.5) is 0 Å². The number of nitrogens with zero attached hydrogens (tertiary/aromatic N) is 2. The number of hydrogen-bond donors (Lipinski definition) is 0. The quantitative estimate of drug-likeness (QED) is 0.258. The van der Waals surface area contributed by atoms with Crippen molar-refractivity contribution in [2.24, 2.45) is 4.99 Å². The summed E-state index contributed by atoms with van der Waals surface area (Å²) in [6.45, 7) is 5.98. The maximum Gasteiger partial charge on any atom is 0.338 e. The van der Waals surface area contributed by atoms with E-state index in [9.17, 15) is 9.59 Å². The van der Waals surface area contributed by atoms with Crippen LogP contribution in [0.25, 0.3) is 17.4 Å². The number of hydrogen-bond acceptors (Lipinski definition) is 7. The molecule has 0 bridgehead atoms. The first kappa shape index (κ1) is 27.0. The summed E-state index contributed by atoms with van der Waals surface area (Å²) in [6, 6.07) is 15.3. The van der Waals surface area contributed by atoms with Crippen LogP contribution < -0.4 is 19.6 Å². The molecule has 39 heavy (non-hydrogen) atoms. The predicted octanol–water partition coefficient (Wildman–Crippen LogP) is 5.76. The van der Waals surface area contributed by atoms with Gasteiger partial charge in [0, 0.05) is 22.2 Å². The van der Waals surface area contributed by atoms with Crippen molar-refractivity contribution in [3.05, 3.63) is 107 Å². The molecule has 0 saturated carbocycles. The number of halogens is 2. The van der Waals surface area contributed by atoms with Gasteiger partial charge in [-0.15, -0.1) is 0 Å². The van der Waals surface area contributed by atoms with E-state index in [-0.39, 0.29) is 12.2 Å². The topological polar surface area (TPSA) is 83.0 Å². The highest BCUT2D eigenvalue weighted by Gasteiger charge is 2.35. The number of thiazole rings is 1. The van der Waals surface area contributed by atoms with Crippen molar-refractivity contribution < 1.29 is 18.7 Å². The fraction of sp³-hybridized carbons (Fsp3) is 0.207. The van der Waals surface area contributed by atoms with Crippen LogP contribution in [-0.2, 0) is 9.53 Å². The first-order chi connectivity index (χ1) is 18.8. The van der Waals surface area contributed by atoms with Crippen LogP contribution in [0.5, 0.6) is 5.75 Å². The molecule has 1 aliphatic heterocycles. The Balaban J connectivity index is 1.66. The van der Waals surface area contributed by atoms with Gasteiger partial charge in [0.1, 0.15) is 23.3 Å². The maximum absolute atomic E-state index is 13.9. The van der Waals surface area contributed by atoms with Crippen molar-refractivity contribution in [3.8, 4) is 17.1 Å². The molecule has 0 amide bonds. The average molecular weight is 583 g/mol. The Morgan fingerprint density at radius 2 is 1.92 bits per heavy atom. The Morgan fingerprint density at radius 1 is 1.13 bits per heavy atom. The summed E-state index contributed by atoms with van der Waals surface area (Å²) in [5.41, 5.74) is 1.81. The molecule has 1 aliphatic rings. The smallest absolute Gasteiger partial charge is 0.338 e. The van der Waals surface area contributed by atoms with Gasteiger partial charge >= 0.3 is 5.97 Å². The lowest BCUT2D eigenvalue weighted by Gasteiger charge is -2.26. The van der Waals surface area contributed by atoms with Crippen molar-refractivity contribution in [1.29, 1.82) is 0 Å². The highest BCUT2D eigenvalue weighted by atomic mass is 35.5. The van der Waals surface area contributed by atoms with Crippen LogP contribution in [0.2, 0.25) is 10.0 Å². The lowest BCUT2D eigenvalue weighted by molar-refractivity contribution is -0.139. The number of esters is 1. The van der Waals surface area contributed by atoms with Gasteiger partial charge in [-0.1, -0.05) is 52.7 Å². The van der Waals surface area contributed by atoms with Crippen LogP contribution in [0, 0.1) is 0 Å². The number of furan rings is 1. The molecule has 7 nitrogen and oxygen atoms in total. The molecule has 5 rings (SSSR count). The molecule has 1 atom stereocenters. The molecule has 0 radical (unpaired) electrons. The predicted molar refractivity (Wildman–Crippen MR) is 152 cm³/mol. The van der Waals surface area contributed by atoms with E-state index in [0.717, 1.165) is 0 Å². The Kier molecular flexibility index (Phi) is 7.79. The van der Waals surface area contributed by atoms with Gasteiger partial charge in [-0.05, 0) is 57.2 Å². The number of aromatic nitrogens is 1. The molecule has 0 spiro atoms. The number of allylic oxidation sites excluding steroid dienone is 1. The van der Waals surface area contributed by atoms with Crippen LogP contribution >= 0.6 is 34.5 Å². The minimum atomic E-state index is -0.773. The Labute approximate surface area is 238 Å². The first-order valence-corrected chi connectivity index (χ1v) is 13.9. The van der Waals surface area contributed by atoms with Crippen molar-refractivity contribution in [3.63, 3.8) is 0 Å². The zero-order valence-electron chi connectivity index (χ0n) is 21.4. The molecular formula is C29H24Cl2N2O5S. The third-order valence-corrected chi connectivity index (χ3v) is 7.66. The van der Waals surface area contributed by atoms with E-state index < -0.39 is 12.0 Å². The summed E-state index contributed by atoms with van der Waals surface area (Å²) in [6.07, 6.45) is 1.66. The second-order valence-corrected chi connectivity index (χ2v) is 10.5. The number of carbonyl (C=O) groups is 1. The van der Waals surface area contributed by atoms with Gasteiger partial charge in [0.2, 0.25) is 0 Å². The zero-order chi connectivity index (χ0) is 27.7. The molecule has 10 heteroatoms. The summed E-state index contributed by atoms with van der Waals surface area (Å²) in [5.74, 6) is 1.06. The molecule has 4 aromatic rings. The van der Waals surface area contributed by atoms with Crippen molar-refractivity contribution in [1.82, 2.24) is 4.57 Å². The molecule has 0 N–H and O–H groups in total. The largest absolute Gasteiger partial charge is 0.494 e. The van der Waals surface area contributed by atoms with E-state index in [1.807, 2.05) is 31.2 Å². The summed E-state index contributed by atoms with van der Waals surface area (Å²) in [5, 5.41) is 0.979. The lowest BCUT2D eigenvalue weighted by atomic mass is 9.95. The van der Waals surface area contributed by atoms with E-state index in [1.165, 1.54) is 15.9 Å². The fourth-order valence-electron chi connectivity index (χ4n) is 4.47. The van der Waals surface area contributed by atoms with Gasteiger partial charge in [-0.3, -0.25) is 9.36 Å². The fourth-order valence-corrected chi connectivity index (χ4v) is 6.00. The van der Waals surface area contributed by atoms with Gasteiger partial charge in [0.05, 0.1) is 34.0 Å². The molecule has 0 aliphatic carbocycles. The molecule has 0 saturated heterocycles. The molecule has 0 unspecified atom stereocenters. The van der Waals surface area contributed by atoms with Crippen molar-refractivity contribution in [2.75, 3.05) is 13.2 Å². The molecule has 2 aromatic heterocycles. The second kappa shape index (κ2) is 11.3. The van der Waals surface area contributed by atoms with Gasteiger partial charge in [-0.2, -0.15) is 0 Å². The maximum atomic E-state index is 13.9. The number of carbonyl (C=O) groups excluding carboxylic acids is 1. The lowest BCUT2D eigenvalue weighted by Crippen LogP contribution is -2.40. The number of benzene rings is 2. The standard InChI is InChI=1S/C29H24Cl2N2O5S/c1-4-36-22-9-7-6-8-20(22)26-25(28(35)37-5-2)16(3)32-29-33(26)27(34)24(39-29)15-18-11-13-23(38-18)19-12-10-17(30)14-21(19)31/h6-15,26H,4-5H2,1-3H3/b24-15-/t26-/m0/s1. The van der Waals surface area contributed by atoms with Gasteiger partial charge in [0.25, 0.3) is 5.56 Å². The first-order valence-electron chi connectivity index (χ1n) is 12.3. The Morgan fingerprint density at radius 3 is 2.67 bits per heavy atom. The van der Waals surface area contributed by atoms with Gasteiger partial charge in [-0.25, -0.2) is 9.79 Å². The number of fused-ring (bicyclic) bond motifs is 1. The monoisotopic (exact) mass is 582 g/mol. The molecule has 2 aromatic carbocycles. The second-order valence-electron chi connectivity index (χ2n) is 8.60. The Bertz CT molecular complexity index is 1780. The summed E-state index contributed by atoms with van der Waals surface area (Å²) in [7, 11) is 0.